The molecule has 1 heterocycles. The molecule has 2 rings (SSSR count). The summed E-state index contributed by atoms with van der Waals surface area (Å²) in [5.41, 5.74) is -0.0945. The third kappa shape index (κ3) is 2.32. The lowest BCUT2D eigenvalue weighted by atomic mass is 10.0. The van der Waals surface area contributed by atoms with E-state index in [1.54, 1.807) is 12.3 Å². The van der Waals surface area contributed by atoms with E-state index >= 15 is 0 Å². The summed E-state index contributed by atoms with van der Waals surface area (Å²) < 4.78 is 1.42. The Morgan fingerprint density at radius 3 is 3.00 bits per heavy atom. The van der Waals surface area contributed by atoms with Crippen LogP contribution in [0.3, 0.4) is 0 Å². The minimum absolute atomic E-state index is 0.0945. The van der Waals surface area contributed by atoms with E-state index in [-0.39, 0.29) is 11.5 Å². The van der Waals surface area contributed by atoms with Gasteiger partial charge in [0.25, 0.3) is 5.56 Å². The summed E-state index contributed by atoms with van der Waals surface area (Å²) >= 11 is 0. The molecule has 1 unspecified atom stereocenters. The van der Waals surface area contributed by atoms with Gasteiger partial charge in [-0.1, -0.05) is 0 Å². The Morgan fingerprint density at radius 1 is 1.47 bits per heavy atom. The topological polar surface area (TPSA) is 52.0 Å². The van der Waals surface area contributed by atoms with Gasteiger partial charge in [0.2, 0.25) is 0 Å². The Balaban J connectivity index is 1.96. The summed E-state index contributed by atoms with van der Waals surface area (Å²) in [6.45, 7) is 0.552. The third-order valence-electron chi connectivity index (χ3n) is 2.91. The molecule has 1 aliphatic rings. The second-order valence-corrected chi connectivity index (χ2v) is 3.93. The van der Waals surface area contributed by atoms with Crippen molar-refractivity contribution in [1.29, 1.82) is 0 Å². The number of nitrogens with zero attached hydrogens (tertiary/aromatic N) is 2. The molecule has 0 aliphatic heterocycles. The van der Waals surface area contributed by atoms with E-state index in [9.17, 15) is 9.59 Å². The predicted molar refractivity (Wildman–Crippen MR) is 55.5 cm³/mol. The first-order valence-electron chi connectivity index (χ1n) is 5.32. The number of hydrogen-bond acceptors (Lipinski definition) is 3. The highest BCUT2D eigenvalue weighted by Crippen LogP contribution is 2.24. The van der Waals surface area contributed by atoms with Gasteiger partial charge in [-0.25, -0.2) is 4.68 Å². The lowest BCUT2D eigenvalue weighted by molar-refractivity contribution is -0.120. The zero-order valence-corrected chi connectivity index (χ0v) is 8.56. The average Bonchev–Trinajstić information content (AvgIpc) is 2.63. The maximum Gasteiger partial charge on any atom is 0.266 e. The second-order valence-electron chi connectivity index (χ2n) is 3.93. The standard InChI is InChI=1S/C11H14N2O2/c14-10-4-1-3-9(10)6-8-13-11(15)5-2-7-12-13/h2,5,7,9H,1,3-4,6,8H2. The van der Waals surface area contributed by atoms with E-state index in [4.69, 9.17) is 0 Å². The van der Waals surface area contributed by atoms with Crippen molar-refractivity contribution in [3.8, 4) is 0 Å². The van der Waals surface area contributed by atoms with E-state index < -0.39 is 0 Å². The minimum Gasteiger partial charge on any atom is -0.299 e. The van der Waals surface area contributed by atoms with Crippen LogP contribution in [0.1, 0.15) is 25.7 Å². The largest absolute Gasteiger partial charge is 0.299 e. The van der Waals surface area contributed by atoms with E-state index in [0.29, 0.717) is 18.7 Å². The molecule has 4 heteroatoms. The Bertz CT molecular complexity index is 411. The molecular formula is C11H14N2O2. The number of carbonyl (C=O) groups excluding carboxylic acids is 1. The number of Topliss-reactive ketones (excluding diaryl/α,β-unsaturated/α-hetero) is 1. The molecular weight excluding hydrogens is 192 g/mol. The van der Waals surface area contributed by atoms with E-state index in [1.165, 1.54) is 10.7 Å². The Hall–Kier alpha value is -1.45. The Morgan fingerprint density at radius 2 is 2.33 bits per heavy atom. The van der Waals surface area contributed by atoms with Crippen molar-refractivity contribution in [1.82, 2.24) is 9.78 Å². The molecule has 1 aliphatic carbocycles. The zero-order valence-electron chi connectivity index (χ0n) is 8.56. The van der Waals surface area contributed by atoms with Crippen molar-refractivity contribution in [2.45, 2.75) is 32.2 Å². The van der Waals surface area contributed by atoms with Gasteiger partial charge in [0.05, 0.1) is 0 Å². The van der Waals surface area contributed by atoms with E-state index in [1.807, 2.05) is 0 Å². The Labute approximate surface area is 87.9 Å². The summed E-state index contributed by atoms with van der Waals surface area (Å²) in [5, 5.41) is 3.96. The number of carbonyl (C=O) groups is 1. The van der Waals surface area contributed by atoms with Crippen molar-refractivity contribution < 1.29 is 4.79 Å². The van der Waals surface area contributed by atoms with Crippen LogP contribution in [0.2, 0.25) is 0 Å². The molecule has 0 amide bonds. The van der Waals surface area contributed by atoms with Crippen LogP contribution in [0.25, 0.3) is 0 Å². The van der Waals surface area contributed by atoms with Crippen molar-refractivity contribution >= 4 is 5.78 Å². The first kappa shape index (κ1) is 10.1. The number of aryl methyl sites for hydroxylation is 1. The fourth-order valence-electron chi connectivity index (χ4n) is 2.03. The molecule has 80 valence electrons. The van der Waals surface area contributed by atoms with Crippen molar-refractivity contribution in [2.75, 3.05) is 0 Å². The van der Waals surface area contributed by atoms with Crippen molar-refractivity contribution in [3.63, 3.8) is 0 Å². The summed E-state index contributed by atoms with van der Waals surface area (Å²) in [6, 6.07) is 3.11. The smallest absolute Gasteiger partial charge is 0.266 e. The maximum atomic E-state index is 11.4. The van der Waals surface area contributed by atoms with Gasteiger partial charge in [-0.05, 0) is 25.3 Å². The second kappa shape index (κ2) is 4.38. The zero-order chi connectivity index (χ0) is 10.7. The summed E-state index contributed by atoms with van der Waals surface area (Å²) in [6.07, 6.45) is 5.02. The highest BCUT2D eigenvalue weighted by atomic mass is 16.1. The average molecular weight is 206 g/mol. The van der Waals surface area contributed by atoms with Gasteiger partial charge in [-0.2, -0.15) is 5.10 Å². The van der Waals surface area contributed by atoms with Crippen LogP contribution in [0.15, 0.2) is 23.1 Å². The van der Waals surface area contributed by atoms with Gasteiger partial charge in [-0.15, -0.1) is 0 Å². The van der Waals surface area contributed by atoms with Crippen LogP contribution in [0.5, 0.6) is 0 Å². The predicted octanol–water partition coefficient (Wildman–Crippen LogP) is 1.00. The summed E-state index contributed by atoms with van der Waals surface area (Å²) in [4.78, 5) is 22.7. The normalized spacial score (nSPS) is 20.8. The molecule has 0 radical (unpaired) electrons. The monoisotopic (exact) mass is 206 g/mol. The molecule has 0 bridgehead atoms. The van der Waals surface area contributed by atoms with Crippen LogP contribution in [-0.2, 0) is 11.3 Å². The molecule has 1 saturated carbocycles. The molecule has 4 nitrogen and oxygen atoms in total. The third-order valence-corrected chi connectivity index (χ3v) is 2.91. The van der Waals surface area contributed by atoms with Crippen molar-refractivity contribution in [2.24, 2.45) is 5.92 Å². The molecule has 1 fully saturated rings. The number of ketones is 1. The van der Waals surface area contributed by atoms with Crippen LogP contribution < -0.4 is 5.56 Å². The molecule has 1 aromatic rings. The van der Waals surface area contributed by atoms with Gasteiger partial charge in [-0.3, -0.25) is 9.59 Å². The highest BCUT2D eigenvalue weighted by Gasteiger charge is 2.23. The lowest BCUT2D eigenvalue weighted by Gasteiger charge is -2.07. The van der Waals surface area contributed by atoms with Gasteiger partial charge < -0.3 is 0 Å². The fraction of sp³-hybridized carbons (Fsp3) is 0.545. The van der Waals surface area contributed by atoms with Crippen molar-refractivity contribution in [3.05, 3.63) is 28.7 Å². The van der Waals surface area contributed by atoms with E-state index in [2.05, 4.69) is 5.10 Å². The van der Waals surface area contributed by atoms with Gasteiger partial charge in [0.1, 0.15) is 5.78 Å². The van der Waals surface area contributed by atoms with Crippen LogP contribution in [-0.4, -0.2) is 15.6 Å². The molecule has 0 saturated heterocycles. The quantitative estimate of drug-likeness (QED) is 0.741. The molecule has 0 aromatic carbocycles. The Kier molecular flexibility index (Phi) is 2.94. The first-order chi connectivity index (χ1) is 7.27. The SMILES string of the molecule is O=C1CCCC1CCn1ncccc1=O. The molecule has 1 aromatic heterocycles. The molecule has 0 spiro atoms. The van der Waals surface area contributed by atoms with Crippen LogP contribution >= 0.6 is 0 Å². The fourth-order valence-corrected chi connectivity index (χ4v) is 2.03. The van der Waals surface area contributed by atoms with Crippen LogP contribution in [0, 0.1) is 5.92 Å². The lowest BCUT2D eigenvalue weighted by Crippen LogP contribution is -2.23. The van der Waals surface area contributed by atoms with Gasteiger partial charge in [0, 0.05) is 31.1 Å². The number of hydrogen-bond donors (Lipinski definition) is 0. The van der Waals surface area contributed by atoms with Gasteiger partial charge in [0.15, 0.2) is 0 Å². The first-order valence-corrected chi connectivity index (χ1v) is 5.32. The molecule has 15 heavy (non-hydrogen) atoms. The molecule has 1 atom stereocenters. The summed E-state index contributed by atoms with van der Waals surface area (Å²) in [5.74, 6) is 0.498. The highest BCUT2D eigenvalue weighted by molar-refractivity contribution is 5.82. The number of aromatic nitrogens is 2. The number of rotatable bonds is 3. The van der Waals surface area contributed by atoms with Crippen LogP contribution in [0.4, 0.5) is 0 Å². The minimum atomic E-state index is -0.0945. The van der Waals surface area contributed by atoms with E-state index in [0.717, 1.165) is 19.3 Å². The molecule has 0 N–H and O–H groups in total. The van der Waals surface area contributed by atoms with Gasteiger partial charge >= 0.3 is 0 Å². The maximum absolute atomic E-state index is 11.4. The summed E-state index contributed by atoms with van der Waals surface area (Å²) in [7, 11) is 0.